The van der Waals surface area contributed by atoms with Crippen LogP contribution < -0.4 is 15.7 Å². The molecule has 4 rings (SSSR count). The Labute approximate surface area is 180 Å². The second-order valence-electron chi connectivity index (χ2n) is 7.65. The molecule has 0 bridgehead atoms. The molecule has 1 aliphatic carbocycles. The van der Waals surface area contributed by atoms with Crippen molar-refractivity contribution in [2.24, 2.45) is 0 Å². The Balaban J connectivity index is 1.47. The fraction of sp³-hybridized carbons (Fsp3) is 0.500. The Hall–Kier alpha value is -2.32. The van der Waals surface area contributed by atoms with Crippen molar-refractivity contribution in [2.45, 2.75) is 56.2 Å². The first-order valence-corrected chi connectivity index (χ1v) is 11.4. The molecule has 1 amide bonds. The number of nitrogens with one attached hydrogen (secondary N) is 1. The molecule has 0 radical (unpaired) electrons. The number of aromatic nitrogens is 2. The summed E-state index contributed by atoms with van der Waals surface area (Å²) in [6.07, 6.45) is 6.06. The van der Waals surface area contributed by atoms with Crippen molar-refractivity contribution in [3.8, 4) is 5.75 Å². The van der Waals surface area contributed by atoms with Gasteiger partial charge in [0, 0.05) is 29.6 Å². The molecule has 160 valence electrons. The fourth-order valence-electron chi connectivity index (χ4n) is 4.08. The van der Waals surface area contributed by atoms with Crippen LogP contribution in [0.2, 0.25) is 0 Å². The van der Waals surface area contributed by atoms with Crippen LogP contribution in [0.5, 0.6) is 5.75 Å². The molecule has 0 spiro atoms. The number of fused-ring (bicyclic) bond motifs is 1. The third-order valence-corrected chi connectivity index (χ3v) is 6.57. The van der Waals surface area contributed by atoms with E-state index in [1.165, 1.54) is 11.8 Å². The molecule has 1 aromatic carbocycles. The van der Waals surface area contributed by atoms with Crippen molar-refractivity contribution < 1.29 is 14.3 Å². The second kappa shape index (κ2) is 9.66. The minimum atomic E-state index is -0.234. The van der Waals surface area contributed by atoms with E-state index in [1.54, 1.807) is 13.2 Å². The lowest BCUT2D eigenvalue weighted by atomic mass is 9.97. The zero-order valence-corrected chi connectivity index (χ0v) is 18.0. The normalized spacial score (nSPS) is 18.1. The van der Waals surface area contributed by atoms with E-state index in [0.717, 1.165) is 56.4 Å². The summed E-state index contributed by atoms with van der Waals surface area (Å²) in [4.78, 5) is 29.6. The number of anilines is 1. The highest BCUT2D eigenvalue weighted by Crippen LogP contribution is 2.29. The molecule has 1 atom stereocenters. The molecule has 1 fully saturated rings. The number of nitrogens with zero attached hydrogens (tertiary/aromatic N) is 2. The number of rotatable bonds is 7. The molecule has 2 heterocycles. The van der Waals surface area contributed by atoms with Crippen molar-refractivity contribution in [3.63, 3.8) is 0 Å². The van der Waals surface area contributed by atoms with E-state index in [4.69, 9.17) is 9.47 Å². The van der Waals surface area contributed by atoms with E-state index in [9.17, 15) is 9.59 Å². The van der Waals surface area contributed by atoms with Gasteiger partial charge in [-0.2, -0.15) is 4.98 Å². The van der Waals surface area contributed by atoms with Gasteiger partial charge < -0.3 is 14.8 Å². The molecule has 1 saturated heterocycles. The number of thioether (sulfide) groups is 1. The van der Waals surface area contributed by atoms with Crippen LogP contribution >= 0.6 is 11.8 Å². The van der Waals surface area contributed by atoms with Crippen LogP contribution in [0.1, 0.15) is 36.9 Å². The minimum absolute atomic E-state index is 0.0997. The summed E-state index contributed by atoms with van der Waals surface area (Å²) in [5.41, 5.74) is 2.65. The lowest BCUT2D eigenvalue weighted by Gasteiger charge is -2.24. The smallest absolute Gasteiger partial charge is 0.348 e. The van der Waals surface area contributed by atoms with E-state index in [-0.39, 0.29) is 23.5 Å². The highest BCUT2D eigenvalue weighted by atomic mass is 32.2. The lowest BCUT2D eigenvalue weighted by Crippen LogP contribution is -2.34. The standard InChI is InChI=1S/C22H27N3O4S/c1-28-16-7-4-6-15(12-16)23-20(26)14-30-21-18-9-2-3-10-19(18)25(22(27)24-21)13-17-8-5-11-29-17/h4,6-7,12,17H,2-3,5,8-11,13-14H2,1H3,(H,23,26). The van der Waals surface area contributed by atoms with Gasteiger partial charge >= 0.3 is 5.69 Å². The quantitative estimate of drug-likeness (QED) is 0.538. The van der Waals surface area contributed by atoms with E-state index < -0.39 is 0 Å². The van der Waals surface area contributed by atoms with E-state index in [2.05, 4.69) is 10.3 Å². The zero-order valence-electron chi connectivity index (χ0n) is 17.2. The van der Waals surface area contributed by atoms with Crippen LogP contribution in [0.4, 0.5) is 5.69 Å². The molecule has 1 aromatic heterocycles. The SMILES string of the molecule is COc1cccc(NC(=O)CSc2nc(=O)n(CC3CCCO3)c3c2CCCC3)c1. The van der Waals surface area contributed by atoms with Crippen LogP contribution in [-0.4, -0.2) is 41.0 Å². The number of carbonyl (C=O) groups excluding carboxylic acids is 1. The van der Waals surface area contributed by atoms with Crippen molar-refractivity contribution in [1.82, 2.24) is 9.55 Å². The maximum atomic E-state index is 12.8. The molecular weight excluding hydrogens is 402 g/mol. The number of hydrogen-bond donors (Lipinski definition) is 1. The van der Waals surface area contributed by atoms with Gasteiger partial charge in [-0.1, -0.05) is 17.8 Å². The zero-order chi connectivity index (χ0) is 20.9. The van der Waals surface area contributed by atoms with Crippen LogP contribution in [0.3, 0.4) is 0 Å². The predicted octanol–water partition coefficient (Wildman–Crippen LogP) is 3.04. The molecule has 0 saturated carbocycles. The summed E-state index contributed by atoms with van der Waals surface area (Å²) in [5, 5.41) is 3.57. The molecule has 1 unspecified atom stereocenters. The average molecular weight is 430 g/mol. The van der Waals surface area contributed by atoms with Gasteiger partial charge in [-0.05, 0) is 50.7 Å². The van der Waals surface area contributed by atoms with Crippen LogP contribution in [0.25, 0.3) is 0 Å². The Morgan fingerprint density at radius 1 is 1.33 bits per heavy atom. The van der Waals surface area contributed by atoms with E-state index in [0.29, 0.717) is 23.0 Å². The van der Waals surface area contributed by atoms with Gasteiger partial charge in [0.1, 0.15) is 10.8 Å². The van der Waals surface area contributed by atoms with Gasteiger partial charge in [0.25, 0.3) is 0 Å². The number of amides is 1. The third-order valence-electron chi connectivity index (χ3n) is 5.55. The monoisotopic (exact) mass is 429 g/mol. The summed E-state index contributed by atoms with van der Waals surface area (Å²) in [5.74, 6) is 0.750. The number of benzene rings is 1. The molecule has 7 nitrogen and oxygen atoms in total. The van der Waals surface area contributed by atoms with Crippen molar-refractivity contribution in [2.75, 3.05) is 24.8 Å². The summed E-state index contributed by atoms with van der Waals surface area (Å²) in [7, 11) is 1.59. The van der Waals surface area contributed by atoms with E-state index >= 15 is 0 Å². The minimum Gasteiger partial charge on any atom is -0.497 e. The van der Waals surface area contributed by atoms with Crippen LogP contribution in [0.15, 0.2) is 34.1 Å². The molecular formula is C22H27N3O4S. The number of carbonyl (C=O) groups is 1. The van der Waals surface area contributed by atoms with Crippen LogP contribution in [0, 0.1) is 0 Å². The van der Waals surface area contributed by atoms with Gasteiger partial charge in [-0.3, -0.25) is 9.36 Å². The Bertz CT molecular complexity index is 969. The van der Waals surface area contributed by atoms with Gasteiger partial charge in [0.2, 0.25) is 5.91 Å². The average Bonchev–Trinajstić information content (AvgIpc) is 3.28. The Morgan fingerprint density at radius 3 is 3.00 bits per heavy atom. The van der Waals surface area contributed by atoms with Gasteiger partial charge in [0.05, 0.1) is 25.5 Å². The van der Waals surface area contributed by atoms with Crippen molar-refractivity contribution in [1.29, 1.82) is 0 Å². The largest absolute Gasteiger partial charge is 0.497 e. The molecule has 2 aliphatic rings. The predicted molar refractivity (Wildman–Crippen MR) is 116 cm³/mol. The maximum Gasteiger partial charge on any atom is 0.348 e. The number of ether oxygens (including phenoxy) is 2. The first kappa shape index (κ1) is 20.9. The summed E-state index contributed by atoms with van der Waals surface area (Å²) < 4.78 is 12.7. The summed E-state index contributed by atoms with van der Waals surface area (Å²) in [6, 6.07) is 7.24. The Morgan fingerprint density at radius 2 is 2.20 bits per heavy atom. The highest BCUT2D eigenvalue weighted by molar-refractivity contribution is 8.00. The first-order chi connectivity index (χ1) is 14.6. The summed E-state index contributed by atoms with van der Waals surface area (Å²) in [6.45, 7) is 1.35. The molecule has 8 heteroatoms. The van der Waals surface area contributed by atoms with Gasteiger partial charge in [-0.15, -0.1) is 0 Å². The van der Waals surface area contributed by atoms with Crippen LogP contribution in [-0.2, 0) is 28.9 Å². The van der Waals surface area contributed by atoms with Crippen molar-refractivity contribution in [3.05, 3.63) is 46.0 Å². The second-order valence-corrected chi connectivity index (χ2v) is 8.61. The van der Waals surface area contributed by atoms with Gasteiger partial charge in [-0.25, -0.2) is 4.79 Å². The Kier molecular flexibility index (Phi) is 6.74. The topological polar surface area (TPSA) is 82.5 Å². The van der Waals surface area contributed by atoms with E-state index in [1.807, 2.05) is 22.8 Å². The van der Waals surface area contributed by atoms with Crippen molar-refractivity contribution >= 4 is 23.4 Å². The molecule has 2 aromatic rings. The number of methoxy groups -OCH3 is 1. The fourth-order valence-corrected chi connectivity index (χ4v) is 4.96. The summed E-state index contributed by atoms with van der Waals surface area (Å²) >= 11 is 1.34. The molecule has 1 N–H and O–H groups in total. The molecule has 1 aliphatic heterocycles. The molecule has 30 heavy (non-hydrogen) atoms. The first-order valence-electron chi connectivity index (χ1n) is 10.4. The number of hydrogen-bond acceptors (Lipinski definition) is 6. The highest BCUT2D eigenvalue weighted by Gasteiger charge is 2.24. The third kappa shape index (κ3) is 4.87. The lowest BCUT2D eigenvalue weighted by molar-refractivity contribution is -0.113. The maximum absolute atomic E-state index is 12.8. The van der Waals surface area contributed by atoms with Gasteiger partial charge in [0.15, 0.2) is 0 Å².